The standard InChI is InChI=1S/C13H18N4O/c1-9-12(8-16(2)15-9)13(18)11-5-14-17(7-11)6-10-3-4-10/h5,7-8,10,13,18H,3-4,6H2,1-2H3. The Balaban J connectivity index is 1.80. The molecule has 96 valence electrons. The number of rotatable bonds is 4. The highest BCUT2D eigenvalue weighted by Crippen LogP contribution is 2.31. The Morgan fingerprint density at radius 2 is 2.22 bits per heavy atom. The normalized spacial score (nSPS) is 17.1. The van der Waals surface area contributed by atoms with E-state index in [1.807, 2.05) is 31.0 Å². The van der Waals surface area contributed by atoms with E-state index < -0.39 is 6.10 Å². The van der Waals surface area contributed by atoms with Gasteiger partial charge in [-0.2, -0.15) is 10.2 Å². The highest BCUT2D eigenvalue weighted by atomic mass is 16.3. The van der Waals surface area contributed by atoms with Crippen LogP contribution in [0, 0.1) is 12.8 Å². The van der Waals surface area contributed by atoms with Gasteiger partial charge in [0.25, 0.3) is 0 Å². The van der Waals surface area contributed by atoms with Crippen molar-refractivity contribution in [1.82, 2.24) is 19.6 Å². The lowest BCUT2D eigenvalue weighted by atomic mass is 10.1. The van der Waals surface area contributed by atoms with E-state index >= 15 is 0 Å². The smallest absolute Gasteiger partial charge is 0.110 e. The van der Waals surface area contributed by atoms with Crippen molar-refractivity contribution in [2.45, 2.75) is 32.4 Å². The third-order valence-corrected chi connectivity index (χ3v) is 3.46. The van der Waals surface area contributed by atoms with Gasteiger partial charge in [0.05, 0.1) is 11.9 Å². The summed E-state index contributed by atoms with van der Waals surface area (Å²) in [6.45, 7) is 2.88. The van der Waals surface area contributed by atoms with Gasteiger partial charge in [-0.15, -0.1) is 0 Å². The molecule has 0 aliphatic heterocycles. The predicted octanol–water partition coefficient (Wildman–Crippen LogP) is 1.42. The van der Waals surface area contributed by atoms with Crippen molar-refractivity contribution >= 4 is 0 Å². The molecule has 0 spiro atoms. The van der Waals surface area contributed by atoms with E-state index in [9.17, 15) is 5.11 Å². The lowest BCUT2D eigenvalue weighted by Gasteiger charge is -2.06. The van der Waals surface area contributed by atoms with Gasteiger partial charge in [0.1, 0.15) is 6.10 Å². The van der Waals surface area contributed by atoms with E-state index in [2.05, 4.69) is 10.2 Å². The van der Waals surface area contributed by atoms with Crippen molar-refractivity contribution in [3.8, 4) is 0 Å². The number of aliphatic hydroxyl groups is 1. The van der Waals surface area contributed by atoms with E-state index in [0.29, 0.717) is 0 Å². The zero-order chi connectivity index (χ0) is 12.7. The summed E-state index contributed by atoms with van der Waals surface area (Å²) in [6.07, 6.45) is 7.53. The molecule has 0 saturated heterocycles. The largest absolute Gasteiger partial charge is 0.383 e. The summed E-state index contributed by atoms with van der Waals surface area (Å²) < 4.78 is 3.66. The first-order chi connectivity index (χ1) is 8.63. The van der Waals surface area contributed by atoms with Crippen molar-refractivity contribution in [3.63, 3.8) is 0 Å². The Hall–Kier alpha value is -1.62. The summed E-state index contributed by atoms with van der Waals surface area (Å²) in [6, 6.07) is 0. The summed E-state index contributed by atoms with van der Waals surface area (Å²) in [5, 5.41) is 18.9. The van der Waals surface area contributed by atoms with Crippen molar-refractivity contribution in [2.75, 3.05) is 0 Å². The maximum Gasteiger partial charge on any atom is 0.110 e. The van der Waals surface area contributed by atoms with Crippen molar-refractivity contribution in [2.24, 2.45) is 13.0 Å². The number of hydrogen-bond donors (Lipinski definition) is 1. The number of aryl methyl sites for hydroxylation is 2. The maximum absolute atomic E-state index is 10.3. The van der Waals surface area contributed by atoms with E-state index in [1.165, 1.54) is 12.8 Å². The first-order valence-electron chi connectivity index (χ1n) is 6.34. The maximum atomic E-state index is 10.3. The fourth-order valence-electron chi connectivity index (χ4n) is 2.25. The van der Waals surface area contributed by atoms with Gasteiger partial charge in [0, 0.05) is 37.1 Å². The molecule has 1 saturated carbocycles. The average Bonchev–Trinajstić information content (AvgIpc) is 2.89. The van der Waals surface area contributed by atoms with E-state index in [1.54, 1.807) is 10.9 Å². The molecular weight excluding hydrogens is 228 g/mol. The molecule has 18 heavy (non-hydrogen) atoms. The summed E-state index contributed by atoms with van der Waals surface area (Å²) >= 11 is 0. The van der Waals surface area contributed by atoms with Gasteiger partial charge in [-0.1, -0.05) is 0 Å². The van der Waals surface area contributed by atoms with Crippen LogP contribution in [-0.4, -0.2) is 24.7 Å². The van der Waals surface area contributed by atoms with Gasteiger partial charge >= 0.3 is 0 Å². The molecule has 5 nitrogen and oxygen atoms in total. The third kappa shape index (κ3) is 2.18. The summed E-state index contributed by atoms with van der Waals surface area (Å²) in [5.41, 5.74) is 2.55. The van der Waals surface area contributed by atoms with E-state index in [4.69, 9.17) is 0 Å². The van der Waals surface area contributed by atoms with Crippen LogP contribution >= 0.6 is 0 Å². The number of nitrogens with zero attached hydrogens (tertiary/aromatic N) is 4. The summed E-state index contributed by atoms with van der Waals surface area (Å²) in [7, 11) is 1.86. The Morgan fingerprint density at radius 3 is 2.83 bits per heavy atom. The van der Waals surface area contributed by atoms with Crippen LogP contribution in [0.25, 0.3) is 0 Å². The van der Waals surface area contributed by atoms with Crippen LogP contribution < -0.4 is 0 Å². The quantitative estimate of drug-likeness (QED) is 0.887. The van der Waals surface area contributed by atoms with Crippen molar-refractivity contribution in [1.29, 1.82) is 0 Å². The summed E-state index contributed by atoms with van der Waals surface area (Å²) in [5.74, 6) is 0.787. The van der Waals surface area contributed by atoms with Crippen LogP contribution in [0.3, 0.4) is 0 Å². The molecule has 1 N–H and O–H groups in total. The minimum atomic E-state index is -0.633. The Morgan fingerprint density at radius 1 is 1.44 bits per heavy atom. The molecule has 0 amide bonds. The molecule has 1 unspecified atom stereocenters. The second-order valence-corrected chi connectivity index (χ2v) is 5.19. The van der Waals surface area contributed by atoms with E-state index in [-0.39, 0.29) is 0 Å². The van der Waals surface area contributed by atoms with Crippen molar-refractivity contribution in [3.05, 3.63) is 35.4 Å². The topological polar surface area (TPSA) is 55.9 Å². The molecule has 1 fully saturated rings. The number of aliphatic hydroxyl groups excluding tert-OH is 1. The lowest BCUT2D eigenvalue weighted by molar-refractivity contribution is 0.219. The molecule has 3 rings (SSSR count). The van der Waals surface area contributed by atoms with Crippen LogP contribution in [0.2, 0.25) is 0 Å². The highest BCUT2D eigenvalue weighted by molar-refractivity contribution is 5.27. The molecule has 2 aromatic rings. The molecule has 2 heterocycles. The van der Waals surface area contributed by atoms with Crippen LogP contribution in [0.4, 0.5) is 0 Å². The molecule has 1 aliphatic rings. The van der Waals surface area contributed by atoms with Gasteiger partial charge in [-0.25, -0.2) is 0 Å². The second kappa shape index (κ2) is 4.24. The minimum absolute atomic E-state index is 0.633. The average molecular weight is 246 g/mol. The van der Waals surface area contributed by atoms with Crippen LogP contribution in [-0.2, 0) is 13.6 Å². The summed E-state index contributed by atoms with van der Waals surface area (Å²) in [4.78, 5) is 0. The highest BCUT2D eigenvalue weighted by Gasteiger charge is 2.23. The van der Waals surface area contributed by atoms with Gasteiger partial charge < -0.3 is 5.11 Å². The first-order valence-corrected chi connectivity index (χ1v) is 6.34. The molecule has 2 aromatic heterocycles. The molecule has 1 aliphatic carbocycles. The van der Waals surface area contributed by atoms with Gasteiger partial charge in [-0.3, -0.25) is 9.36 Å². The Labute approximate surface area is 106 Å². The fourth-order valence-corrected chi connectivity index (χ4v) is 2.25. The predicted molar refractivity (Wildman–Crippen MR) is 67.0 cm³/mol. The number of aromatic nitrogens is 4. The van der Waals surface area contributed by atoms with Crippen LogP contribution in [0.5, 0.6) is 0 Å². The number of hydrogen-bond acceptors (Lipinski definition) is 3. The monoisotopic (exact) mass is 246 g/mol. The SMILES string of the molecule is Cc1nn(C)cc1C(O)c1cnn(CC2CC2)c1. The van der Waals surface area contributed by atoms with Gasteiger partial charge in [-0.05, 0) is 25.7 Å². The fraction of sp³-hybridized carbons (Fsp3) is 0.538. The van der Waals surface area contributed by atoms with Gasteiger partial charge in [0.15, 0.2) is 0 Å². The molecule has 5 heteroatoms. The molecule has 0 aromatic carbocycles. The van der Waals surface area contributed by atoms with E-state index in [0.717, 1.165) is 29.3 Å². The molecular formula is C13H18N4O. The lowest BCUT2D eigenvalue weighted by Crippen LogP contribution is -2.01. The van der Waals surface area contributed by atoms with Gasteiger partial charge in [0.2, 0.25) is 0 Å². The first kappa shape index (κ1) is 11.5. The third-order valence-electron chi connectivity index (χ3n) is 3.46. The molecule has 0 radical (unpaired) electrons. The zero-order valence-electron chi connectivity index (χ0n) is 10.7. The Kier molecular flexibility index (Phi) is 2.70. The van der Waals surface area contributed by atoms with Crippen LogP contribution in [0.15, 0.2) is 18.6 Å². The molecule has 0 bridgehead atoms. The second-order valence-electron chi connectivity index (χ2n) is 5.19. The van der Waals surface area contributed by atoms with Crippen LogP contribution in [0.1, 0.15) is 35.8 Å². The minimum Gasteiger partial charge on any atom is -0.383 e. The molecule has 1 atom stereocenters. The Bertz CT molecular complexity index is 553. The van der Waals surface area contributed by atoms with Crippen molar-refractivity contribution < 1.29 is 5.11 Å². The zero-order valence-corrected chi connectivity index (χ0v) is 10.7.